The minimum absolute atomic E-state index is 0.102. The molecular formula is C21H19ClN2O2S. The van der Waals surface area contributed by atoms with Gasteiger partial charge >= 0.3 is 0 Å². The summed E-state index contributed by atoms with van der Waals surface area (Å²) in [5.41, 5.74) is 4.08. The molecule has 1 aromatic heterocycles. The third kappa shape index (κ3) is 4.56. The molecule has 4 nitrogen and oxygen atoms in total. The van der Waals surface area contributed by atoms with Crippen LogP contribution in [0.15, 0.2) is 53.9 Å². The maximum absolute atomic E-state index is 12.8. The van der Waals surface area contributed by atoms with Gasteiger partial charge in [0.2, 0.25) is 5.91 Å². The quantitative estimate of drug-likeness (QED) is 0.555. The van der Waals surface area contributed by atoms with E-state index in [1.807, 2.05) is 42.6 Å². The Morgan fingerprint density at radius 2 is 1.78 bits per heavy atom. The monoisotopic (exact) mass is 398 g/mol. The zero-order valence-corrected chi connectivity index (χ0v) is 16.6. The summed E-state index contributed by atoms with van der Waals surface area (Å²) in [6.07, 6.45) is 0.374. The average molecular weight is 399 g/mol. The van der Waals surface area contributed by atoms with Crippen LogP contribution in [0.4, 0.5) is 11.4 Å². The first-order valence-corrected chi connectivity index (χ1v) is 9.79. The van der Waals surface area contributed by atoms with Crippen LogP contribution in [0.1, 0.15) is 28.6 Å². The van der Waals surface area contributed by atoms with E-state index in [0.29, 0.717) is 27.7 Å². The second-order valence-electron chi connectivity index (χ2n) is 6.08. The third-order valence-corrected chi connectivity index (χ3v) is 5.30. The number of nitrogens with one attached hydrogen (secondary N) is 2. The van der Waals surface area contributed by atoms with E-state index in [1.54, 1.807) is 25.1 Å². The molecule has 0 aliphatic rings. The standard InChI is InChI=1S/C21H19ClN2O2S/c1-3-19(25)23-15-8-9-17(22)18(12-15)24-21(26)20-16(10-11-27-20)14-6-4-13(2)5-7-14/h4-12H,3H2,1-2H3,(H,23,25)(H,24,26). The zero-order valence-electron chi connectivity index (χ0n) is 15.0. The van der Waals surface area contributed by atoms with E-state index < -0.39 is 0 Å². The number of thiophene rings is 1. The van der Waals surface area contributed by atoms with Crippen molar-refractivity contribution in [3.8, 4) is 11.1 Å². The molecule has 0 saturated heterocycles. The first-order valence-electron chi connectivity index (χ1n) is 8.53. The minimum Gasteiger partial charge on any atom is -0.326 e. The number of hydrogen-bond donors (Lipinski definition) is 2. The Balaban J connectivity index is 1.84. The lowest BCUT2D eigenvalue weighted by atomic mass is 10.0. The van der Waals surface area contributed by atoms with Crippen LogP contribution in [0, 0.1) is 6.92 Å². The Labute approximate surface area is 167 Å². The smallest absolute Gasteiger partial charge is 0.266 e. The van der Waals surface area contributed by atoms with Crippen molar-refractivity contribution >= 4 is 46.1 Å². The lowest BCUT2D eigenvalue weighted by molar-refractivity contribution is -0.115. The molecule has 0 aliphatic carbocycles. The van der Waals surface area contributed by atoms with Gasteiger partial charge in [0.1, 0.15) is 0 Å². The number of anilines is 2. The molecule has 6 heteroatoms. The second-order valence-corrected chi connectivity index (χ2v) is 7.40. The van der Waals surface area contributed by atoms with Gasteiger partial charge in [-0.1, -0.05) is 48.4 Å². The maximum atomic E-state index is 12.8. The first-order chi connectivity index (χ1) is 13.0. The molecule has 2 aromatic carbocycles. The van der Waals surface area contributed by atoms with Crippen LogP contribution in [0.5, 0.6) is 0 Å². The van der Waals surface area contributed by atoms with Gasteiger partial charge in [0.05, 0.1) is 15.6 Å². The highest BCUT2D eigenvalue weighted by Crippen LogP contribution is 2.31. The van der Waals surface area contributed by atoms with E-state index in [9.17, 15) is 9.59 Å². The predicted octanol–water partition coefficient (Wildman–Crippen LogP) is 5.98. The fourth-order valence-electron chi connectivity index (χ4n) is 2.57. The van der Waals surface area contributed by atoms with Crippen LogP contribution in [0.2, 0.25) is 5.02 Å². The van der Waals surface area contributed by atoms with E-state index >= 15 is 0 Å². The zero-order chi connectivity index (χ0) is 19.4. The van der Waals surface area contributed by atoms with Gasteiger partial charge in [-0.05, 0) is 42.1 Å². The number of amides is 2. The normalized spacial score (nSPS) is 10.5. The number of carbonyl (C=O) groups is 2. The average Bonchev–Trinajstić information content (AvgIpc) is 3.15. The van der Waals surface area contributed by atoms with E-state index in [4.69, 9.17) is 11.6 Å². The molecule has 0 fully saturated rings. The van der Waals surface area contributed by atoms with Crippen LogP contribution < -0.4 is 10.6 Å². The Hall–Kier alpha value is -2.63. The molecule has 27 heavy (non-hydrogen) atoms. The Bertz CT molecular complexity index is 980. The van der Waals surface area contributed by atoms with Crippen molar-refractivity contribution in [2.45, 2.75) is 20.3 Å². The lowest BCUT2D eigenvalue weighted by Gasteiger charge is -2.11. The van der Waals surface area contributed by atoms with Crippen molar-refractivity contribution in [1.29, 1.82) is 0 Å². The van der Waals surface area contributed by atoms with Crippen molar-refractivity contribution in [3.63, 3.8) is 0 Å². The molecule has 0 spiro atoms. The molecule has 0 bridgehead atoms. The SMILES string of the molecule is CCC(=O)Nc1ccc(Cl)c(NC(=O)c2sccc2-c2ccc(C)cc2)c1. The van der Waals surface area contributed by atoms with E-state index in [2.05, 4.69) is 10.6 Å². The summed E-state index contributed by atoms with van der Waals surface area (Å²) in [4.78, 5) is 25.0. The summed E-state index contributed by atoms with van der Waals surface area (Å²) >= 11 is 7.60. The van der Waals surface area contributed by atoms with Gasteiger partial charge in [-0.25, -0.2) is 0 Å². The fraction of sp³-hybridized carbons (Fsp3) is 0.143. The number of hydrogen-bond acceptors (Lipinski definition) is 3. The van der Waals surface area contributed by atoms with Crippen LogP contribution in [0.3, 0.4) is 0 Å². The van der Waals surface area contributed by atoms with Crippen molar-refractivity contribution < 1.29 is 9.59 Å². The summed E-state index contributed by atoms with van der Waals surface area (Å²) in [5, 5.41) is 7.92. The molecule has 2 amide bonds. The molecule has 0 saturated carbocycles. The molecule has 138 valence electrons. The molecule has 2 N–H and O–H groups in total. The maximum Gasteiger partial charge on any atom is 0.266 e. The van der Waals surface area contributed by atoms with Gasteiger partial charge in [-0.3, -0.25) is 9.59 Å². The molecule has 0 radical (unpaired) electrons. The van der Waals surface area contributed by atoms with E-state index in [-0.39, 0.29) is 11.8 Å². The van der Waals surface area contributed by atoms with E-state index in [0.717, 1.165) is 16.7 Å². The molecule has 3 aromatic rings. The number of rotatable bonds is 5. The molecule has 0 unspecified atom stereocenters. The number of aryl methyl sites for hydroxylation is 1. The van der Waals surface area contributed by atoms with Crippen LogP contribution in [-0.4, -0.2) is 11.8 Å². The van der Waals surface area contributed by atoms with Crippen molar-refractivity contribution in [2.75, 3.05) is 10.6 Å². The molecular weight excluding hydrogens is 380 g/mol. The number of carbonyl (C=O) groups excluding carboxylic acids is 2. The van der Waals surface area contributed by atoms with Crippen molar-refractivity contribution in [3.05, 3.63) is 69.4 Å². The Morgan fingerprint density at radius 3 is 2.48 bits per heavy atom. The van der Waals surface area contributed by atoms with Crippen LogP contribution in [-0.2, 0) is 4.79 Å². The minimum atomic E-state index is -0.235. The lowest BCUT2D eigenvalue weighted by Crippen LogP contribution is -2.13. The Kier molecular flexibility index (Phi) is 5.94. The molecule has 0 aliphatic heterocycles. The highest BCUT2D eigenvalue weighted by molar-refractivity contribution is 7.12. The summed E-state index contributed by atoms with van der Waals surface area (Å²) < 4.78 is 0. The van der Waals surface area contributed by atoms with Crippen LogP contribution in [0.25, 0.3) is 11.1 Å². The molecule has 1 heterocycles. The van der Waals surface area contributed by atoms with Crippen molar-refractivity contribution in [1.82, 2.24) is 0 Å². The summed E-state index contributed by atoms with van der Waals surface area (Å²) in [6.45, 7) is 3.80. The van der Waals surface area contributed by atoms with E-state index in [1.165, 1.54) is 11.3 Å². The predicted molar refractivity (Wildman–Crippen MR) is 113 cm³/mol. The first kappa shape index (κ1) is 19.1. The van der Waals surface area contributed by atoms with Gasteiger partial charge in [0.15, 0.2) is 0 Å². The van der Waals surface area contributed by atoms with Gasteiger partial charge in [-0.2, -0.15) is 0 Å². The van der Waals surface area contributed by atoms with Crippen molar-refractivity contribution in [2.24, 2.45) is 0 Å². The fourth-order valence-corrected chi connectivity index (χ4v) is 3.55. The van der Waals surface area contributed by atoms with Gasteiger partial charge in [0.25, 0.3) is 5.91 Å². The van der Waals surface area contributed by atoms with Crippen LogP contribution >= 0.6 is 22.9 Å². The summed E-state index contributed by atoms with van der Waals surface area (Å²) in [6, 6.07) is 15.0. The number of benzene rings is 2. The summed E-state index contributed by atoms with van der Waals surface area (Å²) in [5.74, 6) is -0.337. The third-order valence-electron chi connectivity index (χ3n) is 4.05. The second kappa shape index (κ2) is 8.37. The largest absolute Gasteiger partial charge is 0.326 e. The topological polar surface area (TPSA) is 58.2 Å². The van der Waals surface area contributed by atoms with Gasteiger partial charge < -0.3 is 10.6 Å². The highest BCUT2D eigenvalue weighted by Gasteiger charge is 2.16. The summed E-state index contributed by atoms with van der Waals surface area (Å²) in [7, 11) is 0. The molecule has 3 rings (SSSR count). The van der Waals surface area contributed by atoms with Gasteiger partial charge in [-0.15, -0.1) is 11.3 Å². The highest BCUT2D eigenvalue weighted by atomic mass is 35.5. The Morgan fingerprint density at radius 1 is 1.04 bits per heavy atom. The number of halogens is 1. The molecule has 0 atom stereocenters. The van der Waals surface area contributed by atoms with Gasteiger partial charge in [0, 0.05) is 17.7 Å².